The lowest BCUT2D eigenvalue weighted by atomic mass is 10.3. The summed E-state index contributed by atoms with van der Waals surface area (Å²) in [6, 6.07) is 5.58. The van der Waals surface area contributed by atoms with Crippen molar-refractivity contribution in [3.63, 3.8) is 0 Å². The van der Waals surface area contributed by atoms with E-state index in [-0.39, 0.29) is 11.8 Å². The summed E-state index contributed by atoms with van der Waals surface area (Å²) in [6.45, 7) is 0. The van der Waals surface area contributed by atoms with Crippen molar-refractivity contribution >= 4 is 11.6 Å². The van der Waals surface area contributed by atoms with E-state index < -0.39 is 5.09 Å². The highest BCUT2D eigenvalue weighted by molar-refractivity contribution is 5.78. The Morgan fingerprint density at radius 2 is 1.80 bits per heavy atom. The van der Waals surface area contributed by atoms with E-state index in [9.17, 15) is 4.39 Å². The molecule has 0 radical (unpaired) electrons. The van der Waals surface area contributed by atoms with Gasteiger partial charge in [-0.05, 0) is 24.3 Å². The number of aliphatic imine (C=N–C) groups is 1. The first-order valence-corrected chi connectivity index (χ1v) is 3.60. The summed E-state index contributed by atoms with van der Waals surface area (Å²) < 4.78 is 12.3. The van der Waals surface area contributed by atoms with E-state index in [0.29, 0.717) is 5.69 Å². The van der Waals surface area contributed by atoms with E-state index in [1.165, 1.54) is 24.3 Å². The first-order valence-electron chi connectivity index (χ1n) is 3.60. The van der Waals surface area contributed by atoms with Crippen molar-refractivity contribution in [3.05, 3.63) is 40.2 Å². The van der Waals surface area contributed by atoms with Crippen LogP contribution in [0.3, 0.4) is 0 Å². The number of halogens is 1. The summed E-state index contributed by atoms with van der Waals surface area (Å²) in [4.78, 5) is 12.1. The zero-order valence-corrected chi connectivity index (χ0v) is 7.50. The molecule has 0 aromatic heterocycles. The second kappa shape index (κ2) is 6.13. The van der Waals surface area contributed by atoms with Gasteiger partial charge >= 0.3 is 0 Å². The molecule has 1 rings (SSSR count). The zero-order chi connectivity index (χ0) is 11.8. The summed E-state index contributed by atoms with van der Waals surface area (Å²) >= 11 is 0. The Labute approximate surface area is 83.9 Å². The molecule has 0 spiro atoms. The quantitative estimate of drug-likeness (QED) is 0.270. The van der Waals surface area contributed by atoms with Crippen LogP contribution in [0.4, 0.5) is 10.1 Å². The second-order valence-electron chi connectivity index (χ2n) is 2.25. The van der Waals surface area contributed by atoms with Crippen LogP contribution in [0.15, 0.2) is 29.3 Å². The molecule has 5 N–H and O–H groups in total. The minimum absolute atomic E-state index is 0.0309. The fourth-order valence-corrected chi connectivity index (χ4v) is 0.665. The SMILES string of the molecule is NC(N)=Nc1ccc(F)cc1.O=[N+]([O-])O. The number of hydrogen-bond acceptors (Lipinski definition) is 3. The van der Waals surface area contributed by atoms with E-state index in [2.05, 4.69) is 4.99 Å². The van der Waals surface area contributed by atoms with Gasteiger partial charge in [0.15, 0.2) is 5.96 Å². The maximum absolute atomic E-state index is 12.3. The van der Waals surface area contributed by atoms with Crippen molar-refractivity contribution in [1.82, 2.24) is 0 Å². The van der Waals surface area contributed by atoms with Gasteiger partial charge in [0, 0.05) is 0 Å². The molecule has 0 saturated carbocycles. The Kier molecular flexibility index (Phi) is 5.16. The number of nitrogens with two attached hydrogens (primary N) is 2. The Bertz CT molecular complexity index is 344. The smallest absolute Gasteiger partial charge is 0.291 e. The molecule has 0 saturated heterocycles. The Balaban J connectivity index is 0.000000423. The molecular weight excluding hydrogens is 207 g/mol. The van der Waals surface area contributed by atoms with Gasteiger partial charge in [-0.15, -0.1) is 10.1 Å². The Morgan fingerprint density at radius 3 is 2.13 bits per heavy atom. The van der Waals surface area contributed by atoms with Gasteiger partial charge in [0.25, 0.3) is 5.09 Å². The van der Waals surface area contributed by atoms with Gasteiger partial charge in [0.1, 0.15) is 5.82 Å². The van der Waals surface area contributed by atoms with Crippen LogP contribution in [0.1, 0.15) is 0 Å². The van der Waals surface area contributed by atoms with Crippen LogP contribution < -0.4 is 11.5 Å². The van der Waals surface area contributed by atoms with Crippen molar-refractivity contribution in [2.75, 3.05) is 0 Å². The predicted octanol–water partition coefficient (Wildman–Crippen LogP) is 0.383. The van der Waals surface area contributed by atoms with E-state index in [1.807, 2.05) is 0 Å². The molecule has 15 heavy (non-hydrogen) atoms. The maximum atomic E-state index is 12.3. The first-order chi connectivity index (χ1) is 6.91. The van der Waals surface area contributed by atoms with Crippen molar-refractivity contribution in [3.8, 4) is 0 Å². The second-order valence-corrected chi connectivity index (χ2v) is 2.25. The molecule has 1 aromatic carbocycles. The zero-order valence-electron chi connectivity index (χ0n) is 7.50. The Morgan fingerprint density at radius 1 is 1.40 bits per heavy atom. The molecule has 0 fully saturated rings. The van der Waals surface area contributed by atoms with Crippen LogP contribution in [0.25, 0.3) is 0 Å². The van der Waals surface area contributed by atoms with Crippen LogP contribution in [0.5, 0.6) is 0 Å². The predicted molar refractivity (Wildman–Crippen MR) is 50.7 cm³/mol. The number of rotatable bonds is 1. The van der Waals surface area contributed by atoms with E-state index in [1.54, 1.807) is 0 Å². The highest BCUT2D eigenvalue weighted by Gasteiger charge is 1.89. The normalized spacial score (nSPS) is 8.33. The lowest BCUT2D eigenvalue weighted by molar-refractivity contribution is -0.742. The topological polar surface area (TPSA) is 128 Å². The fourth-order valence-electron chi connectivity index (χ4n) is 0.665. The molecule has 7 nitrogen and oxygen atoms in total. The molecule has 1 aromatic rings. The average molecular weight is 216 g/mol. The van der Waals surface area contributed by atoms with Crippen molar-refractivity contribution in [1.29, 1.82) is 0 Å². The average Bonchev–Trinajstić information content (AvgIpc) is 2.07. The van der Waals surface area contributed by atoms with Gasteiger partial charge in [-0.3, -0.25) is 0 Å². The van der Waals surface area contributed by atoms with Crippen molar-refractivity contribution in [2.45, 2.75) is 0 Å². The molecule has 0 aliphatic rings. The van der Waals surface area contributed by atoms with Crippen molar-refractivity contribution < 1.29 is 14.7 Å². The first kappa shape index (κ1) is 12.6. The van der Waals surface area contributed by atoms with E-state index in [0.717, 1.165) is 0 Å². The van der Waals surface area contributed by atoms with Crippen LogP contribution in [0, 0.1) is 15.9 Å². The van der Waals surface area contributed by atoms with Gasteiger partial charge in [-0.2, -0.15) is 0 Å². The highest BCUT2D eigenvalue weighted by atomic mass is 19.1. The number of hydrogen-bond donors (Lipinski definition) is 3. The molecule has 0 unspecified atom stereocenters. The minimum atomic E-state index is -1.50. The third kappa shape index (κ3) is 7.96. The largest absolute Gasteiger partial charge is 0.370 e. The van der Waals surface area contributed by atoms with Gasteiger partial charge in [-0.1, -0.05) is 0 Å². The molecule has 0 heterocycles. The number of nitrogens with zero attached hydrogens (tertiary/aromatic N) is 2. The maximum Gasteiger partial charge on any atom is 0.291 e. The Hall–Kier alpha value is -2.38. The van der Waals surface area contributed by atoms with Gasteiger partial charge in [0.2, 0.25) is 0 Å². The number of benzene rings is 1. The minimum Gasteiger partial charge on any atom is -0.370 e. The van der Waals surface area contributed by atoms with Crippen LogP contribution in [-0.4, -0.2) is 16.3 Å². The fraction of sp³-hybridized carbons (Fsp3) is 0. The van der Waals surface area contributed by atoms with Crippen LogP contribution in [-0.2, 0) is 0 Å². The summed E-state index contributed by atoms with van der Waals surface area (Å²) in [5.41, 5.74) is 10.7. The summed E-state index contributed by atoms with van der Waals surface area (Å²) in [5, 5.41) is 13.6. The lowest BCUT2D eigenvalue weighted by Crippen LogP contribution is -2.21. The molecule has 0 aliphatic heterocycles. The van der Waals surface area contributed by atoms with Gasteiger partial charge in [0.05, 0.1) is 5.69 Å². The third-order valence-electron chi connectivity index (χ3n) is 1.08. The molecule has 0 atom stereocenters. The molecule has 0 bridgehead atoms. The number of guanidine groups is 1. The van der Waals surface area contributed by atoms with Gasteiger partial charge < -0.3 is 16.7 Å². The van der Waals surface area contributed by atoms with Gasteiger partial charge in [-0.25, -0.2) is 9.38 Å². The van der Waals surface area contributed by atoms with Crippen LogP contribution in [0.2, 0.25) is 0 Å². The molecule has 82 valence electrons. The van der Waals surface area contributed by atoms with Crippen molar-refractivity contribution in [2.24, 2.45) is 16.5 Å². The third-order valence-corrected chi connectivity index (χ3v) is 1.08. The molecule has 8 heteroatoms. The monoisotopic (exact) mass is 216 g/mol. The summed E-state index contributed by atoms with van der Waals surface area (Å²) in [7, 11) is 0. The molecule has 0 aliphatic carbocycles. The van der Waals surface area contributed by atoms with Crippen LogP contribution >= 0.6 is 0 Å². The van der Waals surface area contributed by atoms with E-state index >= 15 is 0 Å². The highest BCUT2D eigenvalue weighted by Crippen LogP contribution is 2.10. The summed E-state index contributed by atoms with van der Waals surface area (Å²) in [5.74, 6) is -0.337. The lowest BCUT2D eigenvalue weighted by Gasteiger charge is -1.92. The molecular formula is C7H9FN4O3. The van der Waals surface area contributed by atoms with E-state index in [4.69, 9.17) is 26.8 Å². The molecule has 0 amide bonds. The summed E-state index contributed by atoms with van der Waals surface area (Å²) in [6.07, 6.45) is 0. The standard InChI is InChI=1S/C7H8FN3.HNO3/c8-5-1-3-6(4-2-5)11-7(9)10;2-1(3)4/h1-4H,(H4,9,10,11);(H,2,3,4).